The molecule has 0 aliphatic carbocycles. The maximum Gasteiger partial charge on any atom is 0.202 e. The molecule has 1 unspecified atom stereocenters. The first-order chi connectivity index (χ1) is 9.72. The molecule has 0 saturated carbocycles. The largest absolute Gasteiger partial charge is 0.358 e. The molecule has 6 heteroatoms. The number of anilines is 1. The van der Waals surface area contributed by atoms with Crippen molar-refractivity contribution < 1.29 is 4.39 Å². The molecule has 0 aliphatic rings. The van der Waals surface area contributed by atoms with Gasteiger partial charge in [0.25, 0.3) is 0 Å². The topological polar surface area (TPSA) is 63.8 Å². The fourth-order valence-corrected chi connectivity index (χ4v) is 2.61. The van der Waals surface area contributed by atoms with Crippen molar-refractivity contribution in [1.82, 2.24) is 9.36 Å². The van der Waals surface area contributed by atoms with Crippen LogP contribution in [-0.4, -0.2) is 21.9 Å². The number of hydrogen-bond donors (Lipinski definition) is 2. The summed E-state index contributed by atoms with van der Waals surface area (Å²) < 4.78 is 17.8. The van der Waals surface area contributed by atoms with Crippen LogP contribution in [0.15, 0.2) is 24.3 Å². The lowest BCUT2D eigenvalue weighted by Gasteiger charge is -2.14. The Morgan fingerprint density at radius 3 is 2.90 bits per heavy atom. The van der Waals surface area contributed by atoms with Crippen molar-refractivity contribution in [3.63, 3.8) is 0 Å². The number of aromatic nitrogens is 2. The van der Waals surface area contributed by atoms with E-state index in [9.17, 15) is 4.39 Å². The fourth-order valence-electron chi connectivity index (χ4n) is 1.95. The van der Waals surface area contributed by atoms with Crippen LogP contribution in [0.5, 0.6) is 0 Å². The van der Waals surface area contributed by atoms with Crippen LogP contribution in [0.3, 0.4) is 0 Å². The Morgan fingerprint density at radius 2 is 2.20 bits per heavy atom. The summed E-state index contributed by atoms with van der Waals surface area (Å²) in [6, 6.07) is 7.02. The molecule has 0 amide bonds. The summed E-state index contributed by atoms with van der Waals surface area (Å²) in [5, 5.41) is 4.10. The molecule has 4 nitrogen and oxygen atoms in total. The maximum atomic E-state index is 13.6. The summed E-state index contributed by atoms with van der Waals surface area (Å²) in [6.07, 6.45) is 2.30. The molecule has 0 aliphatic heterocycles. The lowest BCUT2D eigenvalue weighted by atomic mass is 10.1. The second-order valence-electron chi connectivity index (χ2n) is 4.61. The van der Waals surface area contributed by atoms with Gasteiger partial charge in [0.2, 0.25) is 5.13 Å². The first-order valence-corrected chi connectivity index (χ1v) is 7.52. The van der Waals surface area contributed by atoms with Gasteiger partial charge < -0.3 is 11.1 Å². The molecule has 1 heterocycles. The Kier molecular flexibility index (Phi) is 5.43. The molecule has 0 radical (unpaired) electrons. The second-order valence-corrected chi connectivity index (χ2v) is 5.36. The third-order valence-corrected chi connectivity index (χ3v) is 3.79. The van der Waals surface area contributed by atoms with E-state index < -0.39 is 0 Å². The predicted octanol–water partition coefficient (Wildman–Crippen LogP) is 2.81. The number of nitrogens with zero attached hydrogens (tertiary/aromatic N) is 2. The van der Waals surface area contributed by atoms with E-state index >= 15 is 0 Å². The Labute approximate surface area is 122 Å². The van der Waals surface area contributed by atoms with Gasteiger partial charge >= 0.3 is 0 Å². The van der Waals surface area contributed by atoms with E-state index in [4.69, 9.17) is 5.73 Å². The van der Waals surface area contributed by atoms with Gasteiger partial charge in [-0.1, -0.05) is 25.1 Å². The Bertz CT molecular complexity index is 543. The standard InChI is InChI=1S/C14H19FN4S/c1-2-11(7-8-16)17-14-18-13(19-20-14)9-10-5-3-4-6-12(10)15/h3-6,11H,2,7-9,16H2,1H3,(H,17,18,19). The normalized spacial score (nSPS) is 12.3. The summed E-state index contributed by atoms with van der Waals surface area (Å²) in [5.74, 6) is 0.427. The van der Waals surface area contributed by atoms with Gasteiger partial charge in [-0.3, -0.25) is 0 Å². The quantitative estimate of drug-likeness (QED) is 0.824. The van der Waals surface area contributed by atoms with E-state index in [1.54, 1.807) is 12.1 Å². The van der Waals surface area contributed by atoms with Crippen molar-refractivity contribution >= 4 is 16.7 Å². The SMILES string of the molecule is CCC(CCN)Nc1nc(Cc2ccccc2F)ns1. The zero-order valence-corrected chi connectivity index (χ0v) is 12.3. The van der Waals surface area contributed by atoms with E-state index in [2.05, 4.69) is 21.6 Å². The van der Waals surface area contributed by atoms with Crippen LogP contribution in [-0.2, 0) is 6.42 Å². The number of rotatable bonds is 7. The average molecular weight is 294 g/mol. The highest BCUT2D eigenvalue weighted by atomic mass is 32.1. The van der Waals surface area contributed by atoms with Crippen LogP contribution in [0.1, 0.15) is 31.2 Å². The van der Waals surface area contributed by atoms with Gasteiger partial charge in [-0.15, -0.1) is 0 Å². The predicted molar refractivity (Wildman–Crippen MR) is 80.5 cm³/mol. The lowest BCUT2D eigenvalue weighted by molar-refractivity contribution is 0.612. The molecule has 0 bridgehead atoms. The molecule has 1 aromatic heterocycles. The molecule has 108 valence electrons. The van der Waals surface area contributed by atoms with Crippen molar-refractivity contribution in [2.75, 3.05) is 11.9 Å². The lowest BCUT2D eigenvalue weighted by Crippen LogP contribution is -2.22. The van der Waals surface area contributed by atoms with Crippen LogP contribution < -0.4 is 11.1 Å². The number of nitrogens with two attached hydrogens (primary N) is 1. The highest BCUT2D eigenvalue weighted by Crippen LogP contribution is 2.17. The molecular weight excluding hydrogens is 275 g/mol. The molecule has 2 aromatic rings. The number of nitrogens with one attached hydrogen (secondary N) is 1. The molecule has 0 fully saturated rings. The minimum Gasteiger partial charge on any atom is -0.358 e. The van der Waals surface area contributed by atoms with Crippen molar-refractivity contribution in [1.29, 1.82) is 0 Å². The van der Waals surface area contributed by atoms with E-state index in [-0.39, 0.29) is 5.82 Å². The van der Waals surface area contributed by atoms with E-state index in [0.29, 0.717) is 30.4 Å². The second kappa shape index (κ2) is 7.31. The molecule has 20 heavy (non-hydrogen) atoms. The van der Waals surface area contributed by atoms with Crippen LogP contribution in [0.4, 0.5) is 9.52 Å². The van der Waals surface area contributed by atoms with Crippen LogP contribution in [0.2, 0.25) is 0 Å². The van der Waals surface area contributed by atoms with Gasteiger partial charge in [0.1, 0.15) is 11.6 Å². The molecule has 1 atom stereocenters. The summed E-state index contributed by atoms with van der Waals surface area (Å²) in [7, 11) is 0. The van der Waals surface area contributed by atoms with Crippen molar-refractivity contribution in [2.45, 2.75) is 32.2 Å². The van der Waals surface area contributed by atoms with Gasteiger partial charge in [-0.25, -0.2) is 9.37 Å². The third-order valence-electron chi connectivity index (χ3n) is 3.11. The Morgan fingerprint density at radius 1 is 1.40 bits per heavy atom. The molecular formula is C14H19FN4S. The summed E-state index contributed by atoms with van der Waals surface area (Å²) in [6.45, 7) is 2.75. The zero-order valence-electron chi connectivity index (χ0n) is 11.5. The van der Waals surface area contributed by atoms with Crippen molar-refractivity contribution in [3.8, 4) is 0 Å². The third kappa shape index (κ3) is 3.98. The molecule has 0 saturated heterocycles. The van der Waals surface area contributed by atoms with Gasteiger partial charge in [0, 0.05) is 24.0 Å². The molecule has 2 rings (SSSR count). The minimum absolute atomic E-state index is 0.216. The van der Waals surface area contributed by atoms with Crippen molar-refractivity contribution in [3.05, 3.63) is 41.5 Å². The van der Waals surface area contributed by atoms with Crippen LogP contribution in [0, 0.1) is 5.82 Å². The maximum absolute atomic E-state index is 13.6. The monoisotopic (exact) mass is 294 g/mol. The van der Waals surface area contributed by atoms with E-state index in [1.807, 2.05) is 6.07 Å². The molecule has 3 N–H and O–H groups in total. The first kappa shape index (κ1) is 14.9. The first-order valence-electron chi connectivity index (χ1n) is 6.75. The molecule has 0 spiro atoms. The Hall–Kier alpha value is -1.53. The number of hydrogen-bond acceptors (Lipinski definition) is 5. The van der Waals surface area contributed by atoms with Crippen LogP contribution >= 0.6 is 11.5 Å². The smallest absolute Gasteiger partial charge is 0.202 e. The van der Waals surface area contributed by atoms with Gasteiger partial charge in [-0.2, -0.15) is 4.37 Å². The van der Waals surface area contributed by atoms with Gasteiger partial charge in [0.15, 0.2) is 0 Å². The van der Waals surface area contributed by atoms with Crippen molar-refractivity contribution in [2.24, 2.45) is 5.73 Å². The van der Waals surface area contributed by atoms with Gasteiger partial charge in [-0.05, 0) is 31.0 Å². The summed E-state index contributed by atoms with van der Waals surface area (Å²) >= 11 is 1.31. The average Bonchev–Trinajstić information content (AvgIpc) is 2.88. The Balaban J connectivity index is 2.00. The van der Waals surface area contributed by atoms with Gasteiger partial charge in [0.05, 0.1) is 0 Å². The zero-order chi connectivity index (χ0) is 14.4. The summed E-state index contributed by atoms with van der Waals surface area (Å²) in [5.41, 5.74) is 6.18. The van der Waals surface area contributed by atoms with E-state index in [1.165, 1.54) is 17.6 Å². The minimum atomic E-state index is -0.216. The number of benzene rings is 1. The summed E-state index contributed by atoms with van der Waals surface area (Å²) in [4.78, 5) is 4.41. The van der Waals surface area contributed by atoms with E-state index in [0.717, 1.165) is 18.0 Å². The highest BCUT2D eigenvalue weighted by molar-refractivity contribution is 7.09. The fraction of sp³-hybridized carbons (Fsp3) is 0.429. The number of halogens is 1. The molecule has 1 aromatic carbocycles. The highest BCUT2D eigenvalue weighted by Gasteiger charge is 2.11. The van der Waals surface area contributed by atoms with Crippen LogP contribution in [0.25, 0.3) is 0 Å².